The van der Waals surface area contributed by atoms with Gasteiger partial charge in [0.15, 0.2) is 0 Å². The van der Waals surface area contributed by atoms with Crippen LogP contribution in [0.15, 0.2) is 78.9 Å². The van der Waals surface area contributed by atoms with Gasteiger partial charge in [-0.25, -0.2) is 0 Å². The average Bonchev–Trinajstić information content (AvgIpc) is 2.94. The summed E-state index contributed by atoms with van der Waals surface area (Å²) in [5.74, 6) is 0.862. The van der Waals surface area contributed by atoms with E-state index in [1.54, 1.807) is 13.2 Å². The van der Waals surface area contributed by atoms with Gasteiger partial charge in [-0.2, -0.15) is 0 Å². The van der Waals surface area contributed by atoms with E-state index < -0.39 is 0 Å². The summed E-state index contributed by atoms with van der Waals surface area (Å²) in [6.07, 6.45) is 6.00. The molecule has 3 aromatic carbocycles. The Bertz CT molecular complexity index is 1220. The largest absolute Gasteiger partial charge is 0.497 e. The Kier molecular flexibility index (Phi) is 7.08. The molecular weight excluding hydrogens is 448 g/mol. The molecule has 186 valence electrons. The summed E-state index contributed by atoms with van der Waals surface area (Å²) < 4.78 is 5.36. The van der Waals surface area contributed by atoms with Gasteiger partial charge in [-0.05, 0) is 68.1 Å². The van der Waals surface area contributed by atoms with Crippen LogP contribution < -0.4 is 14.5 Å². The van der Waals surface area contributed by atoms with Gasteiger partial charge in [-0.1, -0.05) is 61.7 Å². The second kappa shape index (κ2) is 10.6. The Morgan fingerprint density at radius 3 is 2.36 bits per heavy atom. The molecule has 0 spiro atoms. The first-order chi connectivity index (χ1) is 17.6. The number of benzene rings is 3. The lowest BCUT2D eigenvalue weighted by Crippen LogP contribution is -2.49. The van der Waals surface area contributed by atoms with E-state index in [1.165, 1.54) is 6.42 Å². The molecule has 2 unspecified atom stereocenters. The van der Waals surface area contributed by atoms with Crippen molar-refractivity contribution in [2.45, 2.75) is 57.5 Å². The van der Waals surface area contributed by atoms with E-state index in [4.69, 9.17) is 4.74 Å². The Morgan fingerprint density at radius 2 is 1.61 bits per heavy atom. The molecular formula is C31H34N2O3. The molecule has 5 heteroatoms. The summed E-state index contributed by atoms with van der Waals surface area (Å²) in [5.41, 5.74) is 3.40. The normalized spacial score (nSPS) is 19.9. The van der Waals surface area contributed by atoms with Crippen molar-refractivity contribution in [3.63, 3.8) is 0 Å². The van der Waals surface area contributed by atoms with E-state index in [0.29, 0.717) is 17.7 Å². The highest BCUT2D eigenvalue weighted by atomic mass is 16.5. The lowest BCUT2D eigenvalue weighted by Gasteiger charge is -2.44. The van der Waals surface area contributed by atoms with Crippen LogP contribution in [0.25, 0.3) is 0 Å². The molecule has 0 radical (unpaired) electrons. The number of amides is 2. The first-order valence-electron chi connectivity index (χ1n) is 13.0. The fraction of sp³-hybridized carbons (Fsp3) is 0.355. The first-order valence-corrected chi connectivity index (χ1v) is 13.0. The minimum absolute atomic E-state index is 0.0536. The van der Waals surface area contributed by atoms with Crippen molar-refractivity contribution in [1.82, 2.24) is 0 Å². The monoisotopic (exact) mass is 482 g/mol. The lowest BCUT2D eigenvalue weighted by atomic mass is 9.85. The zero-order valence-electron chi connectivity index (χ0n) is 21.1. The van der Waals surface area contributed by atoms with E-state index in [-0.39, 0.29) is 29.8 Å². The molecule has 2 atom stereocenters. The van der Waals surface area contributed by atoms with Crippen LogP contribution in [0.5, 0.6) is 5.75 Å². The van der Waals surface area contributed by atoms with E-state index in [2.05, 4.69) is 13.0 Å². The molecule has 1 aliphatic heterocycles. The maximum atomic E-state index is 14.1. The molecule has 0 saturated heterocycles. The van der Waals surface area contributed by atoms with Crippen LogP contribution >= 0.6 is 0 Å². The molecule has 5 rings (SSSR count). The summed E-state index contributed by atoms with van der Waals surface area (Å²) in [6, 6.07) is 25.2. The number of hydrogen-bond donors (Lipinski definition) is 0. The van der Waals surface area contributed by atoms with Crippen molar-refractivity contribution in [2.24, 2.45) is 5.92 Å². The van der Waals surface area contributed by atoms with Crippen LogP contribution in [0.4, 0.5) is 11.4 Å². The Morgan fingerprint density at radius 1 is 0.889 bits per heavy atom. The van der Waals surface area contributed by atoms with Gasteiger partial charge in [0.25, 0.3) is 5.91 Å². The van der Waals surface area contributed by atoms with Crippen LogP contribution in [-0.4, -0.2) is 25.0 Å². The van der Waals surface area contributed by atoms with Crippen molar-refractivity contribution in [3.8, 4) is 5.75 Å². The maximum absolute atomic E-state index is 14.1. The quantitative estimate of drug-likeness (QED) is 0.402. The predicted molar refractivity (Wildman–Crippen MR) is 144 cm³/mol. The van der Waals surface area contributed by atoms with Gasteiger partial charge >= 0.3 is 0 Å². The standard InChI is InChI=1S/C31H34N2O3/c1-22-20-29(33(25-15-7-4-8-16-25)30(34)23-12-5-3-6-13-23)27-18-9-10-19-28(27)32(22)31(35)24-14-11-17-26(21-24)36-2/h4,7-11,14-19,21-23,29H,3,5-6,12-13,20H2,1-2H3. The molecule has 0 aromatic heterocycles. The smallest absolute Gasteiger partial charge is 0.258 e. The van der Waals surface area contributed by atoms with Gasteiger partial charge < -0.3 is 14.5 Å². The van der Waals surface area contributed by atoms with Crippen molar-refractivity contribution in [2.75, 3.05) is 16.9 Å². The van der Waals surface area contributed by atoms with Crippen molar-refractivity contribution in [3.05, 3.63) is 90.0 Å². The highest BCUT2D eigenvalue weighted by molar-refractivity contribution is 6.08. The molecule has 3 aromatic rings. The van der Waals surface area contributed by atoms with Crippen LogP contribution in [0.1, 0.15) is 67.4 Å². The fourth-order valence-corrected chi connectivity index (χ4v) is 5.83. The van der Waals surface area contributed by atoms with Crippen molar-refractivity contribution < 1.29 is 14.3 Å². The minimum Gasteiger partial charge on any atom is -0.497 e. The van der Waals surface area contributed by atoms with Gasteiger partial charge in [0.2, 0.25) is 5.91 Å². The fourth-order valence-electron chi connectivity index (χ4n) is 5.83. The highest BCUT2D eigenvalue weighted by Gasteiger charge is 2.40. The number of carbonyl (C=O) groups excluding carboxylic acids is 2. The van der Waals surface area contributed by atoms with Gasteiger partial charge in [0.1, 0.15) is 5.75 Å². The molecule has 5 nitrogen and oxygen atoms in total. The number of para-hydroxylation sites is 2. The summed E-state index contributed by atoms with van der Waals surface area (Å²) in [5, 5.41) is 0. The van der Waals surface area contributed by atoms with Crippen LogP contribution in [0.2, 0.25) is 0 Å². The number of nitrogens with zero attached hydrogens (tertiary/aromatic N) is 2. The third kappa shape index (κ3) is 4.62. The molecule has 0 bridgehead atoms. The molecule has 1 fully saturated rings. The number of anilines is 2. The van der Waals surface area contributed by atoms with Gasteiger partial charge in [-0.15, -0.1) is 0 Å². The van der Waals surface area contributed by atoms with E-state index >= 15 is 0 Å². The number of carbonyl (C=O) groups is 2. The van der Waals surface area contributed by atoms with E-state index in [1.807, 2.05) is 76.5 Å². The number of methoxy groups -OCH3 is 1. The van der Waals surface area contributed by atoms with Gasteiger partial charge in [-0.3, -0.25) is 9.59 Å². The number of rotatable bonds is 5. The summed E-state index contributed by atoms with van der Waals surface area (Å²) in [4.78, 5) is 31.7. The van der Waals surface area contributed by atoms with Crippen LogP contribution in [0.3, 0.4) is 0 Å². The Labute approximate surface area is 213 Å². The van der Waals surface area contributed by atoms with Crippen LogP contribution in [-0.2, 0) is 4.79 Å². The SMILES string of the molecule is COc1cccc(C(=O)N2c3ccccc3C(N(C(=O)C3CCCCC3)c3ccccc3)CC2C)c1. The molecule has 1 heterocycles. The molecule has 36 heavy (non-hydrogen) atoms. The Balaban J connectivity index is 1.55. The lowest BCUT2D eigenvalue weighted by molar-refractivity contribution is -0.123. The molecule has 2 aliphatic rings. The minimum atomic E-state index is -0.137. The highest BCUT2D eigenvalue weighted by Crippen LogP contribution is 2.44. The predicted octanol–water partition coefficient (Wildman–Crippen LogP) is 6.79. The van der Waals surface area contributed by atoms with Gasteiger partial charge in [0.05, 0.1) is 13.2 Å². The second-order valence-corrected chi connectivity index (χ2v) is 9.95. The van der Waals surface area contributed by atoms with Crippen molar-refractivity contribution >= 4 is 23.2 Å². The second-order valence-electron chi connectivity index (χ2n) is 9.95. The number of hydrogen-bond acceptors (Lipinski definition) is 3. The number of fused-ring (bicyclic) bond motifs is 1. The zero-order valence-corrected chi connectivity index (χ0v) is 21.1. The average molecular weight is 483 g/mol. The zero-order chi connectivity index (χ0) is 25.1. The van der Waals surface area contributed by atoms with E-state index in [9.17, 15) is 9.59 Å². The molecule has 1 aliphatic carbocycles. The first kappa shape index (κ1) is 24.1. The van der Waals surface area contributed by atoms with E-state index in [0.717, 1.165) is 42.6 Å². The summed E-state index contributed by atoms with van der Waals surface area (Å²) in [6.45, 7) is 2.08. The molecule has 0 N–H and O–H groups in total. The third-order valence-electron chi connectivity index (χ3n) is 7.63. The molecule has 1 saturated carbocycles. The topological polar surface area (TPSA) is 49.9 Å². The Hall–Kier alpha value is -3.60. The molecule has 2 amide bonds. The van der Waals surface area contributed by atoms with Crippen molar-refractivity contribution in [1.29, 1.82) is 0 Å². The number of ether oxygens (including phenoxy) is 1. The third-order valence-corrected chi connectivity index (χ3v) is 7.63. The summed E-state index contributed by atoms with van der Waals surface area (Å²) in [7, 11) is 1.61. The van der Waals surface area contributed by atoms with Gasteiger partial charge in [0, 0.05) is 28.9 Å². The summed E-state index contributed by atoms with van der Waals surface area (Å²) >= 11 is 0. The van der Waals surface area contributed by atoms with Crippen LogP contribution in [0, 0.1) is 5.92 Å². The maximum Gasteiger partial charge on any atom is 0.258 e.